The molecule has 0 bridgehead atoms. The summed E-state index contributed by atoms with van der Waals surface area (Å²) in [5.74, 6) is -2.74. The van der Waals surface area contributed by atoms with Crippen LogP contribution in [0.4, 0.5) is 5.69 Å². The molecule has 0 saturated heterocycles. The molecule has 0 aliphatic carbocycles. The lowest BCUT2D eigenvalue weighted by Gasteiger charge is -2.17. The summed E-state index contributed by atoms with van der Waals surface area (Å²) in [4.78, 5) is 64.9. The van der Waals surface area contributed by atoms with Crippen LogP contribution in [-0.4, -0.2) is 59.6 Å². The fourth-order valence-electron chi connectivity index (χ4n) is 3.79. The second-order valence-electron chi connectivity index (χ2n) is 8.68. The largest absolute Gasteiger partial charge is 0.452 e. The Labute approximate surface area is 213 Å². The van der Waals surface area contributed by atoms with Crippen molar-refractivity contribution < 1.29 is 28.7 Å². The normalized spacial score (nSPS) is 12.2. The number of ether oxygens (including phenoxy) is 1. The summed E-state index contributed by atoms with van der Waals surface area (Å²) in [5.41, 5.74) is 2.80. The van der Waals surface area contributed by atoms with Gasteiger partial charge in [-0.25, -0.2) is 4.79 Å². The lowest BCUT2D eigenvalue weighted by Crippen LogP contribution is -2.37. The summed E-state index contributed by atoms with van der Waals surface area (Å²) in [5, 5.41) is 2.69. The second-order valence-corrected chi connectivity index (χ2v) is 8.68. The number of hydrogen-bond donors (Lipinski definition) is 1. The van der Waals surface area contributed by atoms with Gasteiger partial charge in [0.05, 0.1) is 29.8 Å². The molecule has 1 heterocycles. The fraction of sp³-hybridized carbons (Fsp3) is 0.179. The van der Waals surface area contributed by atoms with Crippen molar-refractivity contribution in [2.24, 2.45) is 0 Å². The molecule has 188 valence electrons. The average molecular weight is 500 g/mol. The van der Waals surface area contributed by atoms with E-state index in [9.17, 15) is 24.0 Å². The van der Waals surface area contributed by atoms with E-state index in [4.69, 9.17) is 4.74 Å². The Morgan fingerprint density at radius 3 is 2.27 bits per heavy atom. The summed E-state index contributed by atoms with van der Waals surface area (Å²) in [7, 11) is 1.42. The van der Waals surface area contributed by atoms with Crippen molar-refractivity contribution in [3.8, 4) is 0 Å². The Morgan fingerprint density at radius 1 is 0.892 bits per heavy atom. The van der Waals surface area contributed by atoms with E-state index >= 15 is 0 Å². The third-order valence-electron chi connectivity index (χ3n) is 5.86. The Morgan fingerprint density at radius 2 is 1.57 bits per heavy atom. The summed E-state index contributed by atoms with van der Waals surface area (Å²) < 4.78 is 5.10. The van der Waals surface area contributed by atoms with Gasteiger partial charge in [0.2, 0.25) is 5.91 Å². The van der Waals surface area contributed by atoms with Gasteiger partial charge in [0.15, 0.2) is 6.61 Å². The van der Waals surface area contributed by atoms with Crippen LogP contribution in [0.2, 0.25) is 0 Å². The van der Waals surface area contributed by atoms with Gasteiger partial charge in [-0.1, -0.05) is 48.0 Å². The van der Waals surface area contributed by atoms with Gasteiger partial charge >= 0.3 is 5.97 Å². The Kier molecular flexibility index (Phi) is 7.43. The fourth-order valence-corrected chi connectivity index (χ4v) is 3.79. The minimum absolute atomic E-state index is 0.0361. The van der Waals surface area contributed by atoms with Gasteiger partial charge in [-0.2, -0.15) is 0 Å². The van der Waals surface area contributed by atoms with Gasteiger partial charge < -0.3 is 15.0 Å². The number of hydrogen-bond acceptors (Lipinski definition) is 6. The van der Waals surface area contributed by atoms with E-state index in [0.717, 1.165) is 20.9 Å². The number of anilines is 1. The van der Waals surface area contributed by atoms with Crippen LogP contribution in [0.15, 0.2) is 72.8 Å². The zero-order valence-electron chi connectivity index (χ0n) is 20.4. The van der Waals surface area contributed by atoms with Crippen molar-refractivity contribution in [3.63, 3.8) is 0 Å². The molecule has 0 unspecified atom stereocenters. The smallest absolute Gasteiger partial charge is 0.338 e. The van der Waals surface area contributed by atoms with Gasteiger partial charge in [-0.05, 0) is 42.8 Å². The molecule has 37 heavy (non-hydrogen) atoms. The highest BCUT2D eigenvalue weighted by molar-refractivity contribution is 6.21. The molecule has 0 fully saturated rings. The number of rotatable bonds is 8. The lowest BCUT2D eigenvalue weighted by atomic mass is 10.1. The third-order valence-corrected chi connectivity index (χ3v) is 5.86. The number of aryl methyl sites for hydroxylation is 1. The molecule has 4 amide bonds. The highest BCUT2D eigenvalue weighted by atomic mass is 16.5. The number of fused-ring (bicyclic) bond motifs is 1. The van der Waals surface area contributed by atoms with Crippen LogP contribution < -0.4 is 5.32 Å². The van der Waals surface area contributed by atoms with E-state index < -0.39 is 36.2 Å². The molecule has 1 aliphatic heterocycles. The van der Waals surface area contributed by atoms with Crippen LogP contribution in [0.1, 0.15) is 42.2 Å². The zero-order valence-corrected chi connectivity index (χ0v) is 20.4. The first kappa shape index (κ1) is 25.3. The van der Waals surface area contributed by atoms with E-state index in [2.05, 4.69) is 5.32 Å². The first-order chi connectivity index (χ1) is 17.7. The predicted molar refractivity (Wildman–Crippen MR) is 135 cm³/mol. The number of benzene rings is 3. The van der Waals surface area contributed by atoms with Crippen molar-refractivity contribution in [1.29, 1.82) is 0 Å². The van der Waals surface area contributed by atoms with Gasteiger partial charge in [0.1, 0.15) is 0 Å². The molecule has 0 saturated carbocycles. The standard InChI is InChI=1S/C28H25N3O6/c1-18-8-11-21(12-9-18)29-24(32)16-30(2)25(33)17-37-28(36)20-10-13-22-23(14-20)27(35)31(26(22)34)15-19-6-4-3-5-7-19/h3-14H,15-17H2,1-2H3,(H,29,32). The quantitative estimate of drug-likeness (QED) is 0.377. The van der Waals surface area contributed by atoms with Crippen LogP contribution in [0.25, 0.3) is 0 Å². The van der Waals surface area contributed by atoms with E-state index in [1.54, 1.807) is 12.1 Å². The minimum atomic E-state index is -0.824. The first-order valence-corrected chi connectivity index (χ1v) is 11.5. The third kappa shape index (κ3) is 5.90. The molecule has 0 aromatic heterocycles. The first-order valence-electron chi connectivity index (χ1n) is 11.5. The van der Waals surface area contributed by atoms with Gasteiger partial charge in [0.25, 0.3) is 17.7 Å². The van der Waals surface area contributed by atoms with Gasteiger partial charge in [-0.15, -0.1) is 0 Å². The molecule has 0 atom stereocenters. The highest BCUT2D eigenvalue weighted by Crippen LogP contribution is 2.26. The van der Waals surface area contributed by atoms with Crippen LogP contribution in [0, 0.1) is 6.92 Å². The number of carbonyl (C=O) groups is 5. The van der Waals surface area contributed by atoms with Crippen molar-refractivity contribution in [1.82, 2.24) is 9.80 Å². The van der Waals surface area contributed by atoms with Crippen molar-refractivity contribution in [2.45, 2.75) is 13.5 Å². The van der Waals surface area contributed by atoms with Crippen LogP contribution >= 0.6 is 0 Å². The summed E-state index contributed by atoms with van der Waals surface area (Å²) >= 11 is 0. The number of likely N-dealkylation sites (N-methyl/N-ethyl adjacent to an activating group) is 1. The van der Waals surface area contributed by atoms with E-state index in [-0.39, 0.29) is 29.8 Å². The maximum Gasteiger partial charge on any atom is 0.338 e. The number of esters is 1. The summed E-state index contributed by atoms with van der Waals surface area (Å²) in [6.07, 6.45) is 0. The Bertz CT molecular complexity index is 1370. The number of carbonyl (C=O) groups excluding carboxylic acids is 5. The molecular formula is C28H25N3O6. The van der Waals surface area contributed by atoms with Gasteiger partial charge in [-0.3, -0.25) is 24.1 Å². The monoisotopic (exact) mass is 499 g/mol. The Balaban J connectivity index is 1.32. The Hall–Kier alpha value is -4.79. The maximum absolute atomic E-state index is 12.8. The number of imide groups is 1. The van der Waals surface area contributed by atoms with Crippen LogP contribution in [0.5, 0.6) is 0 Å². The molecular weight excluding hydrogens is 474 g/mol. The van der Waals surface area contributed by atoms with E-state index in [0.29, 0.717) is 5.69 Å². The molecule has 1 N–H and O–H groups in total. The molecule has 9 heteroatoms. The zero-order chi connectivity index (χ0) is 26.5. The van der Waals surface area contributed by atoms with Gasteiger partial charge in [0, 0.05) is 12.7 Å². The highest BCUT2D eigenvalue weighted by Gasteiger charge is 2.36. The molecule has 9 nitrogen and oxygen atoms in total. The van der Waals surface area contributed by atoms with Crippen LogP contribution in [-0.2, 0) is 20.9 Å². The van der Waals surface area contributed by atoms with Crippen molar-refractivity contribution in [3.05, 3.63) is 101 Å². The number of nitrogens with zero attached hydrogens (tertiary/aromatic N) is 2. The maximum atomic E-state index is 12.8. The summed E-state index contributed by atoms with van der Waals surface area (Å²) in [6, 6.07) is 20.4. The average Bonchev–Trinajstić information content (AvgIpc) is 3.13. The molecule has 3 aromatic carbocycles. The summed E-state index contributed by atoms with van der Waals surface area (Å²) in [6.45, 7) is 1.24. The number of amides is 4. The molecule has 1 aliphatic rings. The molecule has 4 rings (SSSR count). The van der Waals surface area contributed by atoms with E-state index in [1.165, 1.54) is 25.2 Å². The molecule has 3 aromatic rings. The SMILES string of the molecule is Cc1ccc(NC(=O)CN(C)C(=O)COC(=O)c2ccc3c(c2)C(=O)N(Cc2ccccc2)C3=O)cc1. The van der Waals surface area contributed by atoms with Crippen LogP contribution in [0.3, 0.4) is 0 Å². The number of nitrogens with one attached hydrogen (secondary N) is 1. The topological polar surface area (TPSA) is 113 Å². The lowest BCUT2D eigenvalue weighted by molar-refractivity contribution is -0.136. The second kappa shape index (κ2) is 10.9. The molecule has 0 radical (unpaired) electrons. The minimum Gasteiger partial charge on any atom is -0.452 e. The molecule has 0 spiro atoms. The van der Waals surface area contributed by atoms with Crippen molar-refractivity contribution >= 4 is 35.3 Å². The predicted octanol–water partition coefficient (Wildman–Crippen LogP) is 3.05. The van der Waals surface area contributed by atoms with E-state index in [1.807, 2.05) is 49.4 Å². The van der Waals surface area contributed by atoms with Crippen molar-refractivity contribution in [2.75, 3.05) is 25.5 Å².